The lowest BCUT2D eigenvalue weighted by Gasteiger charge is -2.14. The highest BCUT2D eigenvalue weighted by atomic mass is 19.3. The van der Waals surface area contributed by atoms with Gasteiger partial charge in [0.05, 0.1) is 19.5 Å². The maximum atomic E-state index is 12.3. The minimum absolute atomic E-state index is 0.113. The molecule has 4 nitrogen and oxygen atoms in total. The molecule has 0 amide bonds. The molecule has 2 aromatic rings. The number of hydrogen-bond donors (Lipinski definition) is 1. The highest BCUT2D eigenvalue weighted by Crippen LogP contribution is 2.32. The quantitative estimate of drug-likeness (QED) is 0.885. The van der Waals surface area contributed by atoms with Crippen molar-refractivity contribution in [1.82, 2.24) is 0 Å². The molecular weight excluding hydrogens is 270 g/mol. The number of aliphatic hydroxyl groups excluding tert-OH is 1. The van der Waals surface area contributed by atoms with Gasteiger partial charge in [-0.3, -0.25) is 0 Å². The smallest absolute Gasteiger partial charge is 0.387 e. The summed E-state index contributed by atoms with van der Waals surface area (Å²) in [4.78, 5) is 0. The third-order valence-corrected chi connectivity index (χ3v) is 2.76. The highest BCUT2D eigenvalue weighted by molar-refractivity contribution is 5.43. The lowest BCUT2D eigenvalue weighted by atomic mass is 10.0. The minimum atomic E-state index is -2.96. The Balaban J connectivity index is 2.18. The van der Waals surface area contributed by atoms with Crippen LogP contribution in [-0.2, 0) is 6.42 Å². The molecule has 0 spiro atoms. The molecule has 2 rings (SSSR count). The molecule has 6 heteroatoms. The first kappa shape index (κ1) is 14.3. The van der Waals surface area contributed by atoms with Gasteiger partial charge in [0.2, 0.25) is 0 Å². The number of ether oxygens (including phenoxy) is 2. The Morgan fingerprint density at radius 2 is 2.05 bits per heavy atom. The number of halogens is 2. The van der Waals surface area contributed by atoms with Crippen LogP contribution >= 0.6 is 0 Å². The van der Waals surface area contributed by atoms with Crippen LogP contribution in [0.2, 0.25) is 0 Å². The fourth-order valence-electron chi connectivity index (χ4n) is 1.83. The minimum Gasteiger partial charge on any atom is -0.493 e. The van der Waals surface area contributed by atoms with Crippen LogP contribution in [0.25, 0.3) is 0 Å². The Bertz CT molecular complexity index is 540. The summed E-state index contributed by atoms with van der Waals surface area (Å²) in [6, 6.07) is 7.83. The summed E-state index contributed by atoms with van der Waals surface area (Å²) in [5.74, 6) is 0.669. The molecule has 1 heterocycles. The normalized spacial score (nSPS) is 12.4. The van der Waals surface area contributed by atoms with Gasteiger partial charge in [-0.2, -0.15) is 8.78 Å². The van der Waals surface area contributed by atoms with Crippen molar-refractivity contribution in [3.8, 4) is 11.5 Å². The third-order valence-electron chi connectivity index (χ3n) is 2.76. The van der Waals surface area contributed by atoms with E-state index in [0.717, 1.165) is 0 Å². The summed E-state index contributed by atoms with van der Waals surface area (Å²) in [6.45, 7) is -2.96. The lowest BCUT2D eigenvalue weighted by Crippen LogP contribution is -2.06. The molecule has 0 aliphatic heterocycles. The first-order valence-electron chi connectivity index (χ1n) is 5.93. The predicted molar refractivity (Wildman–Crippen MR) is 67.0 cm³/mol. The molecule has 1 aromatic carbocycles. The van der Waals surface area contributed by atoms with Gasteiger partial charge < -0.3 is 19.0 Å². The van der Waals surface area contributed by atoms with Crippen LogP contribution in [0.4, 0.5) is 8.78 Å². The van der Waals surface area contributed by atoms with Gasteiger partial charge in [0.15, 0.2) is 11.5 Å². The van der Waals surface area contributed by atoms with Gasteiger partial charge in [0, 0.05) is 6.42 Å². The van der Waals surface area contributed by atoms with E-state index in [1.807, 2.05) is 0 Å². The number of hydrogen-bond acceptors (Lipinski definition) is 4. The van der Waals surface area contributed by atoms with E-state index >= 15 is 0 Å². The van der Waals surface area contributed by atoms with Crippen LogP contribution in [0.15, 0.2) is 41.0 Å². The Hall–Kier alpha value is -2.08. The summed E-state index contributed by atoms with van der Waals surface area (Å²) >= 11 is 0. The first-order valence-corrected chi connectivity index (χ1v) is 5.93. The molecule has 0 saturated heterocycles. The van der Waals surface area contributed by atoms with E-state index in [-0.39, 0.29) is 17.9 Å². The highest BCUT2D eigenvalue weighted by Gasteiger charge is 2.16. The van der Waals surface area contributed by atoms with Crippen LogP contribution in [0.3, 0.4) is 0 Å². The van der Waals surface area contributed by atoms with Crippen LogP contribution in [0.5, 0.6) is 11.5 Å². The van der Waals surface area contributed by atoms with Crippen molar-refractivity contribution >= 4 is 0 Å². The standard InChI is InChI=1S/C14H14F2O4/c1-18-12-5-4-9(7-13(12)20-14(15)16)11(17)8-10-3-2-6-19-10/h2-7,11,14,17H,8H2,1H3. The van der Waals surface area contributed by atoms with Gasteiger partial charge in [0.25, 0.3) is 0 Å². The SMILES string of the molecule is COc1ccc(C(O)Cc2ccco2)cc1OC(F)F. The zero-order valence-electron chi connectivity index (χ0n) is 10.8. The number of rotatable bonds is 6. The van der Waals surface area contributed by atoms with Crippen molar-refractivity contribution in [2.45, 2.75) is 19.1 Å². The lowest BCUT2D eigenvalue weighted by molar-refractivity contribution is -0.0513. The van der Waals surface area contributed by atoms with E-state index in [9.17, 15) is 13.9 Å². The average molecular weight is 284 g/mol. The van der Waals surface area contributed by atoms with Gasteiger partial charge in [0.1, 0.15) is 5.76 Å². The molecule has 1 unspecified atom stereocenters. The van der Waals surface area contributed by atoms with Gasteiger partial charge in [-0.1, -0.05) is 6.07 Å². The van der Waals surface area contributed by atoms with E-state index in [0.29, 0.717) is 11.3 Å². The topological polar surface area (TPSA) is 51.8 Å². The fourth-order valence-corrected chi connectivity index (χ4v) is 1.83. The molecule has 0 radical (unpaired) electrons. The van der Waals surface area contributed by atoms with Crippen LogP contribution < -0.4 is 9.47 Å². The largest absolute Gasteiger partial charge is 0.493 e. The molecule has 0 saturated carbocycles. The Morgan fingerprint density at radius 1 is 1.25 bits per heavy atom. The maximum absolute atomic E-state index is 12.3. The van der Waals surface area contributed by atoms with Crippen molar-refractivity contribution in [3.63, 3.8) is 0 Å². The van der Waals surface area contributed by atoms with Gasteiger partial charge >= 0.3 is 6.61 Å². The van der Waals surface area contributed by atoms with Crippen molar-refractivity contribution in [1.29, 1.82) is 0 Å². The second-order valence-electron chi connectivity index (χ2n) is 4.09. The second kappa shape index (κ2) is 6.38. The summed E-state index contributed by atoms with van der Waals surface area (Å²) in [5, 5.41) is 10.1. The number of alkyl halides is 2. The fraction of sp³-hybridized carbons (Fsp3) is 0.286. The molecule has 0 aliphatic carbocycles. The number of benzene rings is 1. The molecule has 0 bridgehead atoms. The van der Waals surface area contributed by atoms with Crippen LogP contribution in [0.1, 0.15) is 17.4 Å². The molecular formula is C14H14F2O4. The monoisotopic (exact) mass is 284 g/mol. The van der Waals surface area contributed by atoms with E-state index in [1.165, 1.54) is 25.5 Å². The van der Waals surface area contributed by atoms with Crippen molar-refractivity contribution in [2.24, 2.45) is 0 Å². The second-order valence-corrected chi connectivity index (χ2v) is 4.09. The van der Waals surface area contributed by atoms with E-state index in [2.05, 4.69) is 4.74 Å². The predicted octanol–water partition coefficient (Wildman–Crippen LogP) is 3.17. The molecule has 0 fully saturated rings. The van der Waals surface area contributed by atoms with Crippen molar-refractivity contribution in [3.05, 3.63) is 47.9 Å². The average Bonchev–Trinajstić information content (AvgIpc) is 2.90. The van der Waals surface area contributed by atoms with Crippen LogP contribution in [0, 0.1) is 0 Å². The van der Waals surface area contributed by atoms with Crippen LogP contribution in [-0.4, -0.2) is 18.8 Å². The molecule has 20 heavy (non-hydrogen) atoms. The first-order chi connectivity index (χ1) is 9.60. The number of methoxy groups -OCH3 is 1. The van der Waals surface area contributed by atoms with Gasteiger partial charge in [-0.25, -0.2) is 0 Å². The summed E-state index contributed by atoms with van der Waals surface area (Å²) in [6.07, 6.45) is 0.863. The van der Waals surface area contributed by atoms with Gasteiger partial charge in [-0.15, -0.1) is 0 Å². The summed E-state index contributed by atoms with van der Waals surface area (Å²) < 4.78 is 39.1. The van der Waals surface area contributed by atoms with E-state index in [4.69, 9.17) is 9.15 Å². The van der Waals surface area contributed by atoms with Crippen molar-refractivity contribution < 1.29 is 27.8 Å². The maximum Gasteiger partial charge on any atom is 0.387 e. The molecule has 1 aromatic heterocycles. The zero-order valence-corrected chi connectivity index (χ0v) is 10.8. The Kier molecular flexibility index (Phi) is 4.57. The Labute approximate surface area is 114 Å². The Morgan fingerprint density at radius 3 is 2.65 bits per heavy atom. The summed E-state index contributed by atoms with van der Waals surface area (Å²) in [5.41, 5.74) is 0.442. The summed E-state index contributed by atoms with van der Waals surface area (Å²) in [7, 11) is 1.35. The van der Waals surface area contributed by atoms with E-state index in [1.54, 1.807) is 18.2 Å². The van der Waals surface area contributed by atoms with Crippen molar-refractivity contribution in [2.75, 3.05) is 7.11 Å². The number of furan rings is 1. The third kappa shape index (κ3) is 3.48. The zero-order chi connectivity index (χ0) is 14.5. The van der Waals surface area contributed by atoms with Gasteiger partial charge in [-0.05, 0) is 29.8 Å². The molecule has 108 valence electrons. The number of aliphatic hydroxyl groups is 1. The van der Waals surface area contributed by atoms with E-state index < -0.39 is 12.7 Å². The molecule has 1 N–H and O–H groups in total. The molecule has 1 atom stereocenters. The molecule has 0 aliphatic rings.